The number of rotatable bonds is 3. The van der Waals surface area contributed by atoms with E-state index in [9.17, 15) is 0 Å². The van der Waals surface area contributed by atoms with Gasteiger partial charge >= 0.3 is 0 Å². The lowest BCUT2D eigenvalue weighted by molar-refractivity contribution is 0.615. The van der Waals surface area contributed by atoms with Crippen LogP contribution in [0, 0.1) is 0 Å². The molecular weight excluding hydrogens is 380 g/mol. The maximum Gasteiger partial charge on any atom is 0.161 e. The Morgan fingerprint density at radius 3 is 2.74 bits per heavy atom. The third-order valence-corrected chi connectivity index (χ3v) is 5.58. The van der Waals surface area contributed by atoms with E-state index < -0.39 is 0 Å². The third-order valence-electron chi connectivity index (χ3n) is 4.07. The fraction of sp³-hybridized carbons (Fsp3) is 0. The van der Waals surface area contributed by atoms with Crippen molar-refractivity contribution in [3.8, 4) is 32.5 Å². The fourth-order valence-electron chi connectivity index (χ4n) is 2.84. The Hall–Kier alpha value is -3.09. The van der Waals surface area contributed by atoms with Crippen LogP contribution in [0.5, 0.6) is 0 Å². The van der Waals surface area contributed by atoms with E-state index >= 15 is 0 Å². The monoisotopic (exact) mass is 390 g/mol. The predicted molar refractivity (Wildman–Crippen MR) is 107 cm³/mol. The summed E-state index contributed by atoms with van der Waals surface area (Å²) in [5, 5.41) is 2.16. The van der Waals surface area contributed by atoms with Crippen LogP contribution >= 0.6 is 22.9 Å². The molecule has 0 fully saturated rings. The molecule has 0 N–H and O–H groups in total. The van der Waals surface area contributed by atoms with Gasteiger partial charge in [-0.25, -0.2) is 9.97 Å². The quantitative estimate of drug-likeness (QED) is 0.393. The first-order chi connectivity index (χ1) is 13.3. The molecule has 5 aromatic rings. The van der Waals surface area contributed by atoms with E-state index in [0.717, 1.165) is 32.2 Å². The highest BCUT2D eigenvalue weighted by molar-refractivity contribution is 7.19. The fourth-order valence-corrected chi connectivity index (χ4v) is 4.10. The standard InChI is InChI=1S/C20H11ClN4OS/c21-19-18(27-20(25-19)13-4-3-7-22-11-13)15-10-12-6-9-26-17(12)16(24-15)14-5-1-2-8-23-14/h1-11H. The number of furan rings is 1. The molecule has 0 aromatic carbocycles. The first-order valence-electron chi connectivity index (χ1n) is 8.16. The molecule has 0 bridgehead atoms. The van der Waals surface area contributed by atoms with E-state index in [1.54, 1.807) is 24.9 Å². The molecule has 0 saturated heterocycles. The number of halogens is 1. The molecule has 5 rings (SSSR count). The maximum atomic E-state index is 6.45. The van der Waals surface area contributed by atoms with Crippen molar-refractivity contribution in [2.75, 3.05) is 0 Å². The Morgan fingerprint density at radius 1 is 0.963 bits per heavy atom. The summed E-state index contributed by atoms with van der Waals surface area (Å²) in [6, 6.07) is 13.4. The van der Waals surface area contributed by atoms with Crippen molar-refractivity contribution in [2.24, 2.45) is 0 Å². The lowest BCUT2D eigenvalue weighted by Crippen LogP contribution is -1.90. The SMILES string of the molecule is Clc1nc(-c2cccnc2)sc1-c1cc2ccoc2c(-c2ccccn2)n1. The highest BCUT2D eigenvalue weighted by atomic mass is 35.5. The van der Waals surface area contributed by atoms with Crippen molar-refractivity contribution < 1.29 is 4.42 Å². The van der Waals surface area contributed by atoms with Gasteiger partial charge < -0.3 is 4.42 Å². The molecule has 0 spiro atoms. The van der Waals surface area contributed by atoms with E-state index in [0.29, 0.717) is 16.4 Å². The summed E-state index contributed by atoms with van der Waals surface area (Å²) in [5.74, 6) is 0. The molecule has 0 saturated carbocycles. The minimum absolute atomic E-state index is 0.418. The molecule has 27 heavy (non-hydrogen) atoms. The summed E-state index contributed by atoms with van der Waals surface area (Å²) in [7, 11) is 0. The Kier molecular flexibility index (Phi) is 3.92. The number of fused-ring (bicyclic) bond motifs is 1. The van der Waals surface area contributed by atoms with E-state index in [4.69, 9.17) is 21.0 Å². The topological polar surface area (TPSA) is 64.7 Å². The van der Waals surface area contributed by atoms with Crippen LogP contribution in [0.1, 0.15) is 0 Å². The van der Waals surface area contributed by atoms with Crippen LogP contribution in [0.25, 0.3) is 43.5 Å². The van der Waals surface area contributed by atoms with E-state index in [1.807, 2.05) is 42.5 Å². The van der Waals surface area contributed by atoms with Crippen molar-refractivity contribution in [3.05, 3.63) is 72.5 Å². The van der Waals surface area contributed by atoms with Gasteiger partial charge in [0.15, 0.2) is 5.58 Å². The Labute approximate surface area is 163 Å². The van der Waals surface area contributed by atoms with E-state index in [1.165, 1.54) is 11.3 Å². The molecule has 5 heterocycles. The smallest absolute Gasteiger partial charge is 0.161 e. The molecule has 0 amide bonds. The minimum atomic E-state index is 0.418. The van der Waals surface area contributed by atoms with Crippen LogP contribution in [0.4, 0.5) is 0 Å². The zero-order valence-electron chi connectivity index (χ0n) is 13.8. The van der Waals surface area contributed by atoms with Crippen LogP contribution in [0.2, 0.25) is 5.15 Å². The Bertz CT molecular complexity index is 1240. The molecule has 0 atom stereocenters. The normalized spacial score (nSPS) is 11.1. The van der Waals surface area contributed by atoms with Gasteiger partial charge in [-0.05, 0) is 36.4 Å². The zero-order valence-corrected chi connectivity index (χ0v) is 15.4. The minimum Gasteiger partial charge on any atom is -0.462 e. The molecule has 0 radical (unpaired) electrons. The van der Waals surface area contributed by atoms with Gasteiger partial charge in [0.05, 0.1) is 22.5 Å². The van der Waals surface area contributed by atoms with Crippen molar-refractivity contribution in [2.45, 2.75) is 0 Å². The largest absolute Gasteiger partial charge is 0.462 e. The molecule has 0 aliphatic rings. The second kappa shape index (κ2) is 6.57. The Balaban J connectivity index is 1.69. The zero-order chi connectivity index (χ0) is 18.2. The number of aromatic nitrogens is 4. The van der Waals surface area contributed by atoms with Crippen LogP contribution in [-0.4, -0.2) is 19.9 Å². The summed E-state index contributed by atoms with van der Waals surface area (Å²) in [6.07, 6.45) is 6.88. The summed E-state index contributed by atoms with van der Waals surface area (Å²) >= 11 is 7.94. The van der Waals surface area contributed by atoms with Gasteiger partial charge in [-0.2, -0.15) is 0 Å². The van der Waals surface area contributed by atoms with Gasteiger partial charge in [0, 0.05) is 29.5 Å². The average molecular weight is 391 g/mol. The summed E-state index contributed by atoms with van der Waals surface area (Å²) in [4.78, 5) is 18.7. The van der Waals surface area contributed by atoms with Crippen LogP contribution in [0.3, 0.4) is 0 Å². The average Bonchev–Trinajstić information content (AvgIpc) is 3.35. The first-order valence-corrected chi connectivity index (χ1v) is 9.36. The van der Waals surface area contributed by atoms with Crippen LogP contribution in [-0.2, 0) is 0 Å². The molecule has 0 aliphatic heterocycles. The highest BCUT2D eigenvalue weighted by Crippen LogP contribution is 2.39. The number of thiazole rings is 1. The van der Waals surface area contributed by atoms with Gasteiger partial charge in [-0.15, -0.1) is 11.3 Å². The molecule has 7 heteroatoms. The van der Waals surface area contributed by atoms with E-state index in [2.05, 4.69) is 15.0 Å². The van der Waals surface area contributed by atoms with Gasteiger partial charge in [0.25, 0.3) is 0 Å². The third kappa shape index (κ3) is 2.89. The van der Waals surface area contributed by atoms with Gasteiger partial charge in [-0.1, -0.05) is 17.7 Å². The molecule has 130 valence electrons. The Morgan fingerprint density at radius 2 is 1.93 bits per heavy atom. The van der Waals surface area contributed by atoms with Crippen molar-refractivity contribution in [3.63, 3.8) is 0 Å². The number of pyridine rings is 3. The first kappa shape index (κ1) is 16.1. The second-order valence-electron chi connectivity index (χ2n) is 5.79. The van der Waals surface area contributed by atoms with Gasteiger partial charge in [0.1, 0.15) is 15.9 Å². The molecule has 0 aliphatic carbocycles. The summed E-state index contributed by atoms with van der Waals surface area (Å²) in [6.45, 7) is 0. The van der Waals surface area contributed by atoms with Crippen molar-refractivity contribution >= 4 is 33.9 Å². The van der Waals surface area contributed by atoms with Crippen LogP contribution < -0.4 is 0 Å². The second-order valence-corrected chi connectivity index (χ2v) is 7.15. The summed E-state index contributed by atoms with van der Waals surface area (Å²) in [5.41, 5.74) is 3.78. The highest BCUT2D eigenvalue weighted by Gasteiger charge is 2.18. The lowest BCUT2D eigenvalue weighted by Gasteiger charge is -2.04. The van der Waals surface area contributed by atoms with Crippen molar-refractivity contribution in [1.82, 2.24) is 19.9 Å². The number of hydrogen-bond donors (Lipinski definition) is 0. The van der Waals surface area contributed by atoms with Gasteiger partial charge in [-0.3, -0.25) is 9.97 Å². The van der Waals surface area contributed by atoms with E-state index in [-0.39, 0.29) is 0 Å². The molecular formula is C20H11ClN4OS. The summed E-state index contributed by atoms with van der Waals surface area (Å²) < 4.78 is 5.64. The van der Waals surface area contributed by atoms with Gasteiger partial charge in [0.2, 0.25) is 0 Å². The number of hydrogen-bond acceptors (Lipinski definition) is 6. The predicted octanol–water partition coefficient (Wildman–Crippen LogP) is 5.73. The lowest BCUT2D eigenvalue weighted by atomic mass is 10.1. The molecule has 5 aromatic heterocycles. The van der Waals surface area contributed by atoms with Crippen LogP contribution in [0.15, 0.2) is 71.7 Å². The number of nitrogens with zero attached hydrogens (tertiary/aromatic N) is 4. The maximum absolute atomic E-state index is 6.45. The van der Waals surface area contributed by atoms with Crippen molar-refractivity contribution in [1.29, 1.82) is 0 Å². The molecule has 5 nitrogen and oxygen atoms in total. The molecule has 0 unspecified atom stereocenters.